The lowest BCUT2D eigenvalue weighted by Crippen LogP contribution is -2.20. The molecule has 0 spiro atoms. The van der Waals surface area contributed by atoms with Crippen LogP contribution in [0.25, 0.3) is 5.69 Å². The zero-order valence-corrected chi connectivity index (χ0v) is 19.3. The maximum Gasteiger partial charge on any atom is 0.255 e. The Balaban J connectivity index is 1.81. The number of aryl methyl sites for hydroxylation is 1. The zero-order valence-electron chi connectivity index (χ0n) is 17.8. The molecule has 0 radical (unpaired) electrons. The van der Waals surface area contributed by atoms with E-state index in [2.05, 4.69) is 10.1 Å². The molecule has 0 saturated carbocycles. The van der Waals surface area contributed by atoms with Gasteiger partial charge in [0, 0.05) is 35.2 Å². The lowest BCUT2D eigenvalue weighted by Gasteiger charge is -2.13. The molecule has 4 aromatic rings. The molecule has 9 heteroatoms. The van der Waals surface area contributed by atoms with Crippen LogP contribution in [0, 0.1) is 18.6 Å². The quantitative estimate of drug-likeness (QED) is 0.238. The number of para-hydroxylation sites is 1. The van der Waals surface area contributed by atoms with Gasteiger partial charge < -0.3 is 4.84 Å². The molecule has 2 aromatic carbocycles. The van der Waals surface area contributed by atoms with Crippen LogP contribution in [0.1, 0.15) is 22.5 Å². The van der Waals surface area contributed by atoms with E-state index in [4.69, 9.17) is 28.0 Å². The van der Waals surface area contributed by atoms with Gasteiger partial charge in [-0.05, 0) is 49.4 Å². The third kappa shape index (κ3) is 5.16. The third-order valence-electron chi connectivity index (χ3n) is 4.86. The van der Waals surface area contributed by atoms with E-state index < -0.39 is 17.2 Å². The van der Waals surface area contributed by atoms with E-state index in [0.717, 1.165) is 17.8 Å². The van der Waals surface area contributed by atoms with Crippen molar-refractivity contribution in [3.05, 3.63) is 127 Å². The molecular weight excluding hydrogens is 483 g/mol. The number of nitrogens with zero attached hydrogens (tertiary/aromatic N) is 3. The van der Waals surface area contributed by atoms with Crippen molar-refractivity contribution in [3.63, 3.8) is 0 Å². The molecule has 172 valence electrons. The van der Waals surface area contributed by atoms with Crippen LogP contribution >= 0.6 is 23.2 Å². The van der Waals surface area contributed by atoms with Crippen LogP contribution in [0.5, 0.6) is 0 Å². The lowest BCUT2D eigenvalue weighted by atomic mass is 10.0. The first-order valence-electron chi connectivity index (χ1n) is 10.1. The fourth-order valence-electron chi connectivity index (χ4n) is 3.30. The first kappa shape index (κ1) is 23.6. The number of oxime groups is 1. The van der Waals surface area contributed by atoms with E-state index in [1.54, 1.807) is 24.3 Å². The van der Waals surface area contributed by atoms with Gasteiger partial charge in [-0.25, -0.2) is 8.78 Å². The average molecular weight is 500 g/mol. The summed E-state index contributed by atoms with van der Waals surface area (Å²) >= 11 is 12.6. The van der Waals surface area contributed by atoms with Gasteiger partial charge in [0.2, 0.25) is 0 Å². The topological polar surface area (TPSA) is 56.5 Å². The average Bonchev–Trinajstić information content (AvgIpc) is 2.79. The number of pyridine rings is 2. The molecule has 0 atom stereocenters. The Morgan fingerprint density at radius 1 is 1.03 bits per heavy atom. The molecule has 2 aromatic heterocycles. The highest BCUT2D eigenvalue weighted by Crippen LogP contribution is 2.28. The second-order valence-electron chi connectivity index (χ2n) is 7.30. The summed E-state index contributed by atoms with van der Waals surface area (Å²) in [4.78, 5) is 22.4. The fourth-order valence-corrected chi connectivity index (χ4v) is 3.88. The van der Waals surface area contributed by atoms with Crippen LogP contribution in [-0.4, -0.2) is 15.3 Å². The summed E-state index contributed by atoms with van der Waals surface area (Å²) in [5, 5.41) is 4.62. The number of halogens is 4. The highest BCUT2D eigenvalue weighted by atomic mass is 35.5. The maximum atomic E-state index is 14.7. The van der Waals surface area contributed by atoms with Crippen molar-refractivity contribution in [3.8, 4) is 5.69 Å². The van der Waals surface area contributed by atoms with Crippen molar-refractivity contribution in [2.45, 2.75) is 13.5 Å². The zero-order chi connectivity index (χ0) is 24.2. The summed E-state index contributed by atoms with van der Waals surface area (Å²) in [7, 11) is 0. The predicted octanol–water partition coefficient (Wildman–Crippen LogP) is 6.10. The Morgan fingerprint density at radius 2 is 1.76 bits per heavy atom. The van der Waals surface area contributed by atoms with Gasteiger partial charge in [-0.3, -0.25) is 14.3 Å². The molecule has 0 bridgehead atoms. The summed E-state index contributed by atoms with van der Waals surface area (Å²) in [6, 6.07) is 16.1. The van der Waals surface area contributed by atoms with Crippen LogP contribution in [-0.2, 0) is 11.4 Å². The summed E-state index contributed by atoms with van der Waals surface area (Å²) in [5.74, 6) is -1.58. The molecule has 5 nitrogen and oxygen atoms in total. The summed E-state index contributed by atoms with van der Waals surface area (Å²) in [6.07, 6.45) is 1.42. The molecule has 0 saturated heterocycles. The van der Waals surface area contributed by atoms with Crippen molar-refractivity contribution in [2.75, 3.05) is 0 Å². The third-order valence-corrected chi connectivity index (χ3v) is 5.47. The lowest BCUT2D eigenvalue weighted by molar-refractivity contribution is 0.128. The minimum atomic E-state index is -0.843. The number of hydrogen-bond donors (Lipinski definition) is 0. The second-order valence-corrected chi connectivity index (χ2v) is 8.12. The van der Waals surface area contributed by atoms with E-state index >= 15 is 0 Å². The fraction of sp³-hybridized carbons (Fsp3) is 0.0800. The summed E-state index contributed by atoms with van der Waals surface area (Å²) < 4.78 is 29.5. The van der Waals surface area contributed by atoms with Crippen molar-refractivity contribution in [2.24, 2.45) is 5.16 Å². The molecule has 0 N–H and O–H groups in total. The van der Waals surface area contributed by atoms with E-state index in [-0.39, 0.29) is 33.6 Å². The number of benzene rings is 2. The second kappa shape index (κ2) is 10.2. The monoisotopic (exact) mass is 499 g/mol. The SMILES string of the molecule is Cc1cccc(CO/N=C(/c2ccc(=O)n(-c3c(Cl)cccc3Cl)c2)c2ccc(F)cc2F)n1. The van der Waals surface area contributed by atoms with Gasteiger partial charge in [0.15, 0.2) is 6.61 Å². The Kier molecular flexibility index (Phi) is 7.05. The van der Waals surface area contributed by atoms with Crippen molar-refractivity contribution in [1.29, 1.82) is 0 Å². The van der Waals surface area contributed by atoms with E-state index in [9.17, 15) is 13.6 Å². The molecule has 4 rings (SSSR count). The highest BCUT2D eigenvalue weighted by molar-refractivity contribution is 6.37. The van der Waals surface area contributed by atoms with Crippen LogP contribution in [0.3, 0.4) is 0 Å². The van der Waals surface area contributed by atoms with Crippen LogP contribution < -0.4 is 5.56 Å². The van der Waals surface area contributed by atoms with Gasteiger partial charge in [0.25, 0.3) is 5.56 Å². The highest BCUT2D eigenvalue weighted by Gasteiger charge is 2.17. The first-order valence-corrected chi connectivity index (χ1v) is 10.8. The normalized spacial score (nSPS) is 11.5. The first-order chi connectivity index (χ1) is 16.3. The van der Waals surface area contributed by atoms with Crippen LogP contribution in [0.4, 0.5) is 8.78 Å². The van der Waals surface area contributed by atoms with Gasteiger partial charge in [0.05, 0.1) is 21.4 Å². The van der Waals surface area contributed by atoms with Crippen molar-refractivity contribution < 1.29 is 13.6 Å². The number of rotatable bonds is 6. The van der Waals surface area contributed by atoms with Gasteiger partial charge in [-0.15, -0.1) is 0 Å². The molecule has 0 aliphatic heterocycles. The predicted molar refractivity (Wildman–Crippen MR) is 128 cm³/mol. The van der Waals surface area contributed by atoms with E-state index in [1.165, 1.54) is 29.0 Å². The number of hydrogen-bond acceptors (Lipinski definition) is 4. The van der Waals surface area contributed by atoms with E-state index in [1.807, 2.05) is 19.1 Å². The Hall–Kier alpha value is -3.55. The van der Waals surface area contributed by atoms with Crippen LogP contribution in [0.15, 0.2) is 82.9 Å². The summed E-state index contributed by atoms with van der Waals surface area (Å²) in [6.45, 7) is 1.86. The standard InChI is InChI=1S/C25H17Cl2F2N3O2/c1-15-4-2-5-18(30-15)14-34-31-24(19-10-9-17(28)12-22(19)29)16-8-11-23(33)32(13-16)25-20(26)6-3-7-21(25)27/h2-13H,14H2,1H3/b31-24-. The Bertz CT molecular complexity index is 1430. The largest absolute Gasteiger partial charge is 0.389 e. The molecule has 0 fully saturated rings. The van der Waals surface area contributed by atoms with Gasteiger partial charge >= 0.3 is 0 Å². The van der Waals surface area contributed by atoms with Gasteiger partial charge in [-0.2, -0.15) is 0 Å². The molecule has 0 amide bonds. The molecule has 2 heterocycles. The molecule has 0 unspecified atom stereocenters. The van der Waals surface area contributed by atoms with Crippen molar-refractivity contribution >= 4 is 28.9 Å². The molecular formula is C25H17Cl2F2N3O2. The minimum Gasteiger partial charge on any atom is -0.389 e. The van der Waals surface area contributed by atoms with Gasteiger partial charge in [-0.1, -0.05) is 40.5 Å². The molecule has 0 aliphatic rings. The minimum absolute atomic E-state index is 0.0178. The van der Waals surface area contributed by atoms with Crippen molar-refractivity contribution in [1.82, 2.24) is 9.55 Å². The summed E-state index contributed by atoms with van der Waals surface area (Å²) in [5.41, 5.74) is 1.62. The maximum absolute atomic E-state index is 14.7. The van der Waals surface area contributed by atoms with E-state index in [0.29, 0.717) is 11.3 Å². The molecule has 0 aliphatic carbocycles. The Morgan fingerprint density at radius 3 is 2.47 bits per heavy atom. The van der Waals surface area contributed by atoms with Crippen LogP contribution in [0.2, 0.25) is 10.0 Å². The smallest absolute Gasteiger partial charge is 0.255 e. The Labute approximate surface area is 203 Å². The number of aromatic nitrogens is 2. The molecule has 34 heavy (non-hydrogen) atoms. The van der Waals surface area contributed by atoms with Gasteiger partial charge in [0.1, 0.15) is 17.3 Å².